The van der Waals surface area contributed by atoms with Gasteiger partial charge in [0.15, 0.2) is 0 Å². The molecule has 5 heteroatoms. The van der Waals surface area contributed by atoms with Crippen LogP contribution in [0.4, 0.5) is 10.5 Å². The number of alkyl carbamates (subject to hydrolysis) is 1. The Kier molecular flexibility index (Phi) is 8.68. The quantitative estimate of drug-likeness (QED) is 0.686. The number of carbonyl (C=O) groups excluding carboxylic acids is 2. The van der Waals surface area contributed by atoms with Crippen molar-refractivity contribution in [2.45, 2.75) is 39.0 Å². The lowest BCUT2D eigenvalue weighted by molar-refractivity contribution is -0.116. The number of para-hydroxylation sites is 1. The summed E-state index contributed by atoms with van der Waals surface area (Å²) in [6, 6.07) is 9.45. The Labute approximate surface area is 126 Å². The first-order valence-electron chi connectivity index (χ1n) is 7.48. The highest BCUT2D eigenvalue weighted by Crippen LogP contribution is 2.08. The van der Waals surface area contributed by atoms with E-state index in [2.05, 4.69) is 10.6 Å². The fourth-order valence-electron chi connectivity index (χ4n) is 1.88. The summed E-state index contributed by atoms with van der Waals surface area (Å²) in [6.45, 7) is 2.79. The molecule has 1 aromatic carbocycles. The van der Waals surface area contributed by atoms with Crippen molar-refractivity contribution in [3.8, 4) is 0 Å². The van der Waals surface area contributed by atoms with E-state index in [1.54, 1.807) is 6.92 Å². The Hall–Kier alpha value is -2.04. The molecule has 5 nitrogen and oxygen atoms in total. The van der Waals surface area contributed by atoms with Crippen LogP contribution in [0.5, 0.6) is 0 Å². The molecule has 2 amide bonds. The summed E-state index contributed by atoms with van der Waals surface area (Å²) in [5.74, 6) is 0.0471. The maximum absolute atomic E-state index is 11.7. The molecule has 2 N–H and O–H groups in total. The fourth-order valence-corrected chi connectivity index (χ4v) is 1.88. The molecule has 0 unspecified atom stereocenters. The average Bonchev–Trinajstić information content (AvgIpc) is 2.47. The fraction of sp³-hybridized carbons (Fsp3) is 0.500. The third-order valence-corrected chi connectivity index (χ3v) is 2.93. The number of anilines is 1. The zero-order chi connectivity index (χ0) is 15.3. The van der Waals surface area contributed by atoms with Gasteiger partial charge < -0.3 is 15.4 Å². The maximum Gasteiger partial charge on any atom is 0.407 e. The van der Waals surface area contributed by atoms with Crippen molar-refractivity contribution in [1.82, 2.24) is 5.32 Å². The number of unbranched alkanes of at least 4 members (excludes halogenated alkanes) is 3. The number of hydrogen-bond donors (Lipinski definition) is 2. The summed E-state index contributed by atoms with van der Waals surface area (Å²) < 4.78 is 4.75. The first kappa shape index (κ1) is 17.0. The lowest BCUT2D eigenvalue weighted by Gasteiger charge is -2.06. The lowest BCUT2D eigenvalue weighted by atomic mass is 10.1. The summed E-state index contributed by atoms with van der Waals surface area (Å²) >= 11 is 0. The van der Waals surface area contributed by atoms with Gasteiger partial charge in [-0.15, -0.1) is 0 Å². The minimum Gasteiger partial charge on any atom is -0.450 e. The van der Waals surface area contributed by atoms with Gasteiger partial charge in [0.1, 0.15) is 0 Å². The molecule has 0 spiro atoms. The zero-order valence-electron chi connectivity index (χ0n) is 12.6. The first-order chi connectivity index (χ1) is 10.2. The maximum atomic E-state index is 11.7. The SMILES string of the molecule is CCOC(=O)NCCCCCCC(=O)Nc1ccccc1. The molecule has 0 fully saturated rings. The second kappa shape index (κ2) is 10.7. The summed E-state index contributed by atoms with van der Waals surface area (Å²) in [7, 11) is 0. The van der Waals surface area contributed by atoms with Crippen molar-refractivity contribution < 1.29 is 14.3 Å². The summed E-state index contributed by atoms with van der Waals surface area (Å²) in [5, 5.41) is 5.54. The zero-order valence-corrected chi connectivity index (χ0v) is 12.6. The molecule has 21 heavy (non-hydrogen) atoms. The number of hydrogen-bond acceptors (Lipinski definition) is 3. The Balaban J connectivity index is 1.97. The second-order valence-corrected chi connectivity index (χ2v) is 4.73. The van der Waals surface area contributed by atoms with Crippen LogP contribution in [0.2, 0.25) is 0 Å². The van der Waals surface area contributed by atoms with Gasteiger partial charge in [0, 0.05) is 18.7 Å². The molecule has 0 aromatic heterocycles. The number of carbonyl (C=O) groups is 2. The van der Waals surface area contributed by atoms with Crippen LogP contribution in [0.3, 0.4) is 0 Å². The van der Waals surface area contributed by atoms with E-state index in [0.717, 1.165) is 31.4 Å². The van der Waals surface area contributed by atoms with Crippen LogP contribution < -0.4 is 10.6 Å². The molecular weight excluding hydrogens is 268 g/mol. The summed E-state index contributed by atoms with van der Waals surface area (Å²) in [6.07, 6.45) is 3.90. The molecule has 0 bridgehead atoms. The molecule has 0 aliphatic heterocycles. The van der Waals surface area contributed by atoms with Crippen LogP contribution in [-0.2, 0) is 9.53 Å². The molecule has 0 atom stereocenters. The molecule has 0 heterocycles. The van der Waals surface area contributed by atoms with Gasteiger partial charge in [0.2, 0.25) is 5.91 Å². The topological polar surface area (TPSA) is 67.4 Å². The largest absolute Gasteiger partial charge is 0.450 e. The molecule has 1 rings (SSSR count). The van der Waals surface area contributed by atoms with E-state index in [1.807, 2.05) is 30.3 Å². The van der Waals surface area contributed by atoms with Crippen LogP contribution in [0.25, 0.3) is 0 Å². The normalized spacial score (nSPS) is 9.95. The number of nitrogens with one attached hydrogen (secondary N) is 2. The molecule has 0 saturated carbocycles. The third kappa shape index (κ3) is 8.68. The minimum atomic E-state index is -0.361. The highest BCUT2D eigenvalue weighted by atomic mass is 16.5. The number of amides is 2. The molecular formula is C16H24N2O3. The van der Waals surface area contributed by atoms with Gasteiger partial charge >= 0.3 is 6.09 Å². The number of rotatable bonds is 9. The van der Waals surface area contributed by atoms with Crippen LogP contribution >= 0.6 is 0 Å². The van der Waals surface area contributed by atoms with Gasteiger partial charge in [0.05, 0.1) is 6.61 Å². The van der Waals surface area contributed by atoms with E-state index in [-0.39, 0.29) is 12.0 Å². The minimum absolute atomic E-state index is 0.0471. The average molecular weight is 292 g/mol. The van der Waals surface area contributed by atoms with Gasteiger partial charge in [-0.2, -0.15) is 0 Å². The molecule has 116 valence electrons. The van der Waals surface area contributed by atoms with Gasteiger partial charge in [-0.3, -0.25) is 4.79 Å². The molecule has 0 aliphatic rings. The smallest absolute Gasteiger partial charge is 0.407 e. The number of benzene rings is 1. The van der Waals surface area contributed by atoms with Crippen molar-refractivity contribution in [3.05, 3.63) is 30.3 Å². The monoisotopic (exact) mass is 292 g/mol. The van der Waals surface area contributed by atoms with Crippen molar-refractivity contribution >= 4 is 17.7 Å². The van der Waals surface area contributed by atoms with Crippen LogP contribution in [0.1, 0.15) is 39.0 Å². The van der Waals surface area contributed by atoms with Gasteiger partial charge in [0.25, 0.3) is 0 Å². The van der Waals surface area contributed by atoms with E-state index in [1.165, 1.54) is 0 Å². The highest BCUT2D eigenvalue weighted by molar-refractivity contribution is 5.90. The van der Waals surface area contributed by atoms with E-state index < -0.39 is 0 Å². The van der Waals surface area contributed by atoms with Crippen molar-refractivity contribution in [1.29, 1.82) is 0 Å². The predicted molar refractivity (Wildman–Crippen MR) is 83.2 cm³/mol. The van der Waals surface area contributed by atoms with E-state index in [9.17, 15) is 9.59 Å². The summed E-state index contributed by atoms with van der Waals surface area (Å²) in [5.41, 5.74) is 0.834. The van der Waals surface area contributed by atoms with E-state index >= 15 is 0 Å². The molecule has 0 radical (unpaired) electrons. The van der Waals surface area contributed by atoms with E-state index in [4.69, 9.17) is 4.74 Å². The molecule has 0 saturated heterocycles. The standard InChI is InChI=1S/C16H24N2O3/c1-2-21-16(20)17-13-9-4-3-8-12-15(19)18-14-10-6-5-7-11-14/h5-7,10-11H,2-4,8-9,12-13H2,1H3,(H,17,20)(H,18,19). The van der Waals surface area contributed by atoms with Crippen LogP contribution in [-0.4, -0.2) is 25.2 Å². The van der Waals surface area contributed by atoms with Crippen LogP contribution in [0.15, 0.2) is 30.3 Å². The lowest BCUT2D eigenvalue weighted by Crippen LogP contribution is -2.25. The molecule has 1 aromatic rings. The second-order valence-electron chi connectivity index (χ2n) is 4.73. The van der Waals surface area contributed by atoms with Crippen molar-refractivity contribution in [2.75, 3.05) is 18.5 Å². The Bertz CT molecular complexity index is 421. The highest BCUT2D eigenvalue weighted by Gasteiger charge is 2.02. The Morgan fingerprint density at radius 2 is 1.76 bits per heavy atom. The Morgan fingerprint density at radius 3 is 2.48 bits per heavy atom. The van der Waals surface area contributed by atoms with Crippen molar-refractivity contribution in [2.24, 2.45) is 0 Å². The first-order valence-corrected chi connectivity index (χ1v) is 7.48. The van der Waals surface area contributed by atoms with E-state index in [0.29, 0.717) is 19.6 Å². The Morgan fingerprint density at radius 1 is 1.05 bits per heavy atom. The summed E-state index contributed by atoms with van der Waals surface area (Å²) in [4.78, 5) is 22.7. The molecule has 0 aliphatic carbocycles. The van der Waals surface area contributed by atoms with Gasteiger partial charge in [-0.05, 0) is 31.9 Å². The van der Waals surface area contributed by atoms with Gasteiger partial charge in [-0.25, -0.2) is 4.79 Å². The number of ether oxygens (including phenoxy) is 1. The van der Waals surface area contributed by atoms with Crippen molar-refractivity contribution in [3.63, 3.8) is 0 Å². The predicted octanol–water partition coefficient (Wildman–Crippen LogP) is 3.32. The third-order valence-electron chi connectivity index (χ3n) is 2.93. The van der Waals surface area contributed by atoms with Crippen LogP contribution in [0, 0.1) is 0 Å². The van der Waals surface area contributed by atoms with Gasteiger partial charge in [-0.1, -0.05) is 31.0 Å².